The minimum absolute atomic E-state index is 0.0531. The Bertz CT molecular complexity index is 1170. The summed E-state index contributed by atoms with van der Waals surface area (Å²) < 4.78 is 29.0. The number of amides is 1. The number of pyridine rings is 1. The van der Waals surface area contributed by atoms with Gasteiger partial charge in [0.05, 0.1) is 17.9 Å². The highest BCUT2D eigenvalue weighted by atomic mass is 32.2. The van der Waals surface area contributed by atoms with E-state index in [0.717, 1.165) is 5.56 Å². The number of rotatable bonds is 3. The number of carbonyl (C=O) groups is 1. The minimum Gasteiger partial charge on any atom is -0.305 e. The fraction of sp³-hybridized carbons (Fsp3) is 0.211. The summed E-state index contributed by atoms with van der Waals surface area (Å²) in [5.41, 5.74) is 2.13. The van der Waals surface area contributed by atoms with Crippen molar-refractivity contribution in [3.05, 3.63) is 65.9 Å². The van der Waals surface area contributed by atoms with Gasteiger partial charge in [-0.25, -0.2) is 18.4 Å². The van der Waals surface area contributed by atoms with Crippen LogP contribution in [0.3, 0.4) is 0 Å². The highest BCUT2D eigenvalue weighted by Crippen LogP contribution is 2.31. The van der Waals surface area contributed by atoms with Gasteiger partial charge in [0.2, 0.25) is 10.0 Å². The molecule has 9 heteroatoms. The number of aryl methyl sites for hydroxylation is 1. The molecule has 4 rings (SSSR count). The van der Waals surface area contributed by atoms with Crippen LogP contribution in [0.2, 0.25) is 0 Å². The van der Waals surface area contributed by atoms with Gasteiger partial charge in [0.25, 0.3) is 5.91 Å². The third kappa shape index (κ3) is 2.98. The zero-order chi connectivity index (χ0) is 19.9. The maximum absolute atomic E-state index is 13.0. The molecule has 144 valence electrons. The largest absolute Gasteiger partial charge is 0.305 e. The molecule has 0 bridgehead atoms. The number of nitrogens with zero attached hydrogens (tertiary/aromatic N) is 4. The van der Waals surface area contributed by atoms with E-state index < -0.39 is 15.9 Å². The topological polar surface area (TPSA) is 97.2 Å². The van der Waals surface area contributed by atoms with Gasteiger partial charge in [-0.1, -0.05) is 19.1 Å². The van der Waals surface area contributed by atoms with Crippen molar-refractivity contribution in [3.8, 4) is 5.69 Å². The van der Waals surface area contributed by atoms with Crippen molar-refractivity contribution in [1.82, 2.24) is 18.8 Å². The van der Waals surface area contributed by atoms with Crippen molar-refractivity contribution in [2.24, 2.45) is 0 Å². The number of carbonyl (C=O) groups excluding carboxylic acids is 1. The lowest BCUT2D eigenvalue weighted by Gasteiger charge is -2.18. The maximum atomic E-state index is 13.0. The number of benzene rings is 1. The van der Waals surface area contributed by atoms with Gasteiger partial charge in [-0.3, -0.25) is 9.36 Å². The van der Waals surface area contributed by atoms with Gasteiger partial charge in [-0.15, -0.1) is 0 Å². The molecule has 3 aromatic rings. The molecule has 28 heavy (non-hydrogen) atoms. The number of imidazole rings is 1. The SMILES string of the molecule is CCN1Cc2c(C(=O)Nc3cc(C)ccn3)ncn2-c2ccccc2S1(=O)=O. The van der Waals surface area contributed by atoms with Gasteiger partial charge < -0.3 is 5.32 Å². The molecule has 0 fully saturated rings. The standard InChI is InChI=1S/C19H19N5O3S/c1-3-23-11-15-18(19(25)22-17-10-13(2)8-9-20-17)21-12-24(15)14-6-4-5-7-16(14)28(23,26)27/h4-10,12H,3,11H2,1-2H3,(H,20,22,25). The molecule has 3 heterocycles. The number of aromatic nitrogens is 3. The number of hydrogen-bond acceptors (Lipinski definition) is 5. The molecule has 0 unspecified atom stereocenters. The molecule has 0 radical (unpaired) electrons. The van der Waals surface area contributed by atoms with Gasteiger partial charge in [0.15, 0.2) is 5.69 Å². The van der Waals surface area contributed by atoms with Crippen molar-refractivity contribution in [1.29, 1.82) is 0 Å². The molecule has 1 N–H and O–H groups in total. The Kier molecular flexibility index (Phi) is 4.48. The molecule has 2 aromatic heterocycles. The van der Waals surface area contributed by atoms with E-state index in [9.17, 15) is 13.2 Å². The van der Waals surface area contributed by atoms with Crippen LogP contribution in [0.25, 0.3) is 5.69 Å². The minimum atomic E-state index is -3.67. The normalized spacial score (nSPS) is 15.4. The molecule has 1 aliphatic rings. The van der Waals surface area contributed by atoms with Gasteiger partial charge >= 0.3 is 0 Å². The zero-order valence-electron chi connectivity index (χ0n) is 15.5. The van der Waals surface area contributed by atoms with E-state index in [1.54, 1.807) is 48.0 Å². The molecule has 8 nitrogen and oxygen atoms in total. The van der Waals surface area contributed by atoms with Crippen LogP contribution in [-0.2, 0) is 16.6 Å². The number of hydrogen-bond donors (Lipinski definition) is 1. The smallest absolute Gasteiger partial charge is 0.277 e. The molecule has 0 saturated carbocycles. The number of nitrogens with one attached hydrogen (secondary N) is 1. The average molecular weight is 397 g/mol. The van der Waals surface area contributed by atoms with Crippen LogP contribution in [0, 0.1) is 6.92 Å². The predicted molar refractivity (Wildman–Crippen MR) is 104 cm³/mol. The van der Waals surface area contributed by atoms with Crippen LogP contribution >= 0.6 is 0 Å². The third-order valence-corrected chi connectivity index (χ3v) is 6.63. The van der Waals surface area contributed by atoms with E-state index in [4.69, 9.17) is 0 Å². The number of para-hydroxylation sites is 1. The first-order chi connectivity index (χ1) is 13.4. The molecule has 0 aliphatic carbocycles. The highest BCUT2D eigenvalue weighted by Gasteiger charge is 2.33. The summed E-state index contributed by atoms with van der Waals surface area (Å²) in [6.45, 7) is 4.00. The van der Waals surface area contributed by atoms with Crippen LogP contribution in [0.15, 0.2) is 53.8 Å². The Hall–Kier alpha value is -3.04. The highest BCUT2D eigenvalue weighted by molar-refractivity contribution is 7.89. The monoisotopic (exact) mass is 397 g/mol. The Balaban J connectivity index is 1.81. The molecular formula is C19H19N5O3S. The first-order valence-corrected chi connectivity index (χ1v) is 10.3. The Morgan fingerprint density at radius 1 is 1.21 bits per heavy atom. The second-order valence-corrected chi connectivity index (χ2v) is 8.39. The van der Waals surface area contributed by atoms with Crippen LogP contribution in [0.1, 0.15) is 28.7 Å². The molecule has 0 saturated heterocycles. The lowest BCUT2D eigenvalue weighted by atomic mass is 10.2. The van der Waals surface area contributed by atoms with Gasteiger partial charge in [-0.05, 0) is 36.8 Å². The van der Waals surface area contributed by atoms with Crippen molar-refractivity contribution < 1.29 is 13.2 Å². The van der Waals surface area contributed by atoms with Crippen molar-refractivity contribution in [2.45, 2.75) is 25.3 Å². The summed E-state index contributed by atoms with van der Waals surface area (Å²) >= 11 is 0. The Morgan fingerprint density at radius 3 is 2.75 bits per heavy atom. The number of sulfonamides is 1. The Morgan fingerprint density at radius 2 is 2.00 bits per heavy atom. The Labute approximate surface area is 162 Å². The lowest BCUT2D eigenvalue weighted by Crippen LogP contribution is -2.30. The average Bonchev–Trinajstić information content (AvgIpc) is 3.06. The van der Waals surface area contributed by atoms with Gasteiger partial charge in [0, 0.05) is 12.7 Å². The van der Waals surface area contributed by atoms with E-state index in [2.05, 4.69) is 15.3 Å². The second-order valence-electron chi connectivity index (χ2n) is 6.48. The van der Waals surface area contributed by atoms with E-state index >= 15 is 0 Å². The molecule has 1 amide bonds. The van der Waals surface area contributed by atoms with Crippen LogP contribution in [0.4, 0.5) is 5.82 Å². The van der Waals surface area contributed by atoms with Crippen molar-refractivity contribution in [3.63, 3.8) is 0 Å². The van der Waals surface area contributed by atoms with Crippen LogP contribution in [-0.4, -0.2) is 39.7 Å². The van der Waals surface area contributed by atoms with Crippen LogP contribution in [0.5, 0.6) is 0 Å². The summed E-state index contributed by atoms with van der Waals surface area (Å²) in [5.74, 6) is -0.0135. The number of anilines is 1. The molecule has 1 aliphatic heterocycles. The first-order valence-electron chi connectivity index (χ1n) is 8.81. The summed E-state index contributed by atoms with van der Waals surface area (Å²) in [6.07, 6.45) is 3.10. The zero-order valence-corrected chi connectivity index (χ0v) is 16.3. The van der Waals surface area contributed by atoms with E-state index in [0.29, 0.717) is 17.2 Å². The number of fused-ring (bicyclic) bond motifs is 3. The summed E-state index contributed by atoms with van der Waals surface area (Å²) in [5, 5.41) is 2.74. The van der Waals surface area contributed by atoms with Gasteiger partial charge in [0.1, 0.15) is 17.0 Å². The summed E-state index contributed by atoms with van der Waals surface area (Å²) in [4.78, 5) is 21.5. The van der Waals surface area contributed by atoms with Crippen LogP contribution < -0.4 is 5.32 Å². The fourth-order valence-corrected chi connectivity index (χ4v) is 4.84. The quantitative estimate of drug-likeness (QED) is 0.732. The van der Waals surface area contributed by atoms with Gasteiger partial charge in [-0.2, -0.15) is 4.31 Å². The van der Waals surface area contributed by atoms with E-state index in [-0.39, 0.29) is 23.7 Å². The third-order valence-electron chi connectivity index (χ3n) is 4.66. The van der Waals surface area contributed by atoms with Crippen molar-refractivity contribution in [2.75, 3.05) is 11.9 Å². The molecule has 1 aromatic carbocycles. The van der Waals surface area contributed by atoms with Crippen molar-refractivity contribution >= 4 is 21.7 Å². The summed E-state index contributed by atoms with van der Waals surface area (Å²) in [6, 6.07) is 10.3. The lowest BCUT2D eigenvalue weighted by molar-refractivity contribution is 0.102. The summed E-state index contributed by atoms with van der Waals surface area (Å²) in [7, 11) is -3.67. The first kappa shape index (κ1) is 18.3. The molecule has 0 atom stereocenters. The molecular weight excluding hydrogens is 378 g/mol. The fourth-order valence-electron chi connectivity index (χ4n) is 3.25. The second kappa shape index (κ2) is 6.84. The van der Waals surface area contributed by atoms with E-state index in [1.165, 1.54) is 10.6 Å². The molecule has 0 spiro atoms. The van der Waals surface area contributed by atoms with E-state index in [1.807, 2.05) is 13.0 Å². The predicted octanol–water partition coefficient (Wildman–Crippen LogP) is 2.35. The maximum Gasteiger partial charge on any atom is 0.277 e.